The van der Waals surface area contributed by atoms with Crippen molar-refractivity contribution < 1.29 is 8.42 Å². The van der Waals surface area contributed by atoms with Gasteiger partial charge in [0.25, 0.3) is 10.0 Å². The van der Waals surface area contributed by atoms with Gasteiger partial charge in [-0.15, -0.1) is 0 Å². The highest BCUT2D eigenvalue weighted by Crippen LogP contribution is 2.22. The number of aryl methyl sites for hydroxylation is 1. The van der Waals surface area contributed by atoms with E-state index in [1.54, 1.807) is 18.2 Å². The van der Waals surface area contributed by atoms with Gasteiger partial charge in [-0.05, 0) is 31.0 Å². The number of benzene rings is 2. The Hall–Kier alpha value is -2.14. The molecule has 0 radical (unpaired) electrons. The Labute approximate surface area is 124 Å². The molecule has 3 rings (SSSR count). The predicted octanol–water partition coefficient (Wildman–Crippen LogP) is 2.28. The first-order valence-corrected chi connectivity index (χ1v) is 8.27. The van der Waals surface area contributed by atoms with Crippen LogP contribution in [0.2, 0.25) is 0 Å². The molecule has 1 heterocycles. The molecular formula is C16H16N2O2S. The lowest BCUT2D eigenvalue weighted by molar-refractivity contribution is 0.595. The molecule has 0 unspecified atom stereocenters. The molecule has 4 nitrogen and oxygen atoms in total. The summed E-state index contributed by atoms with van der Waals surface area (Å²) in [5, 5.41) is 0. The smallest absolute Gasteiger partial charge is 0.263 e. The van der Waals surface area contributed by atoms with Gasteiger partial charge in [0.2, 0.25) is 0 Å². The first-order valence-electron chi connectivity index (χ1n) is 6.78. The third-order valence-electron chi connectivity index (χ3n) is 3.42. The number of nitrogens with zero attached hydrogens (tertiary/aromatic N) is 1. The van der Waals surface area contributed by atoms with E-state index in [0.717, 1.165) is 6.42 Å². The monoisotopic (exact) mass is 300 g/mol. The minimum Gasteiger partial charge on any atom is -0.267 e. The van der Waals surface area contributed by atoms with E-state index in [1.807, 2.05) is 12.1 Å². The maximum absolute atomic E-state index is 11.9. The van der Waals surface area contributed by atoms with Crippen molar-refractivity contribution in [1.82, 2.24) is 4.72 Å². The standard InChI is InChI=1S/C16H16N2O2S/c1-12-5-4-6-13(11-12)9-10-17-16-14-7-2-3-8-15(14)21(19,20)18-16/h2-8,11H,9-10H2,1H3,(H,17,18). The van der Waals surface area contributed by atoms with Crippen LogP contribution in [0.3, 0.4) is 0 Å². The van der Waals surface area contributed by atoms with Gasteiger partial charge in [-0.1, -0.05) is 42.0 Å². The summed E-state index contributed by atoms with van der Waals surface area (Å²) >= 11 is 0. The molecule has 5 heteroatoms. The van der Waals surface area contributed by atoms with Gasteiger partial charge in [0, 0.05) is 12.1 Å². The van der Waals surface area contributed by atoms with Crippen molar-refractivity contribution in [2.45, 2.75) is 18.2 Å². The van der Waals surface area contributed by atoms with E-state index in [9.17, 15) is 8.42 Å². The zero-order chi connectivity index (χ0) is 14.9. The summed E-state index contributed by atoms with van der Waals surface area (Å²) in [6.45, 7) is 2.60. The molecule has 0 aliphatic carbocycles. The Morgan fingerprint density at radius 3 is 2.71 bits per heavy atom. The van der Waals surface area contributed by atoms with Crippen LogP contribution in [-0.4, -0.2) is 20.8 Å². The average molecular weight is 300 g/mol. The highest BCUT2D eigenvalue weighted by Gasteiger charge is 2.29. The van der Waals surface area contributed by atoms with Gasteiger partial charge >= 0.3 is 0 Å². The minimum absolute atomic E-state index is 0.305. The van der Waals surface area contributed by atoms with Gasteiger partial charge in [-0.3, -0.25) is 9.71 Å². The Kier molecular flexibility index (Phi) is 3.51. The fraction of sp³-hybridized carbons (Fsp3) is 0.188. The Morgan fingerprint density at radius 2 is 1.90 bits per heavy atom. The third kappa shape index (κ3) is 2.83. The molecule has 108 valence electrons. The van der Waals surface area contributed by atoms with Crippen molar-refractivity contribution in [2.24, 2.45) is 4.99 Å². The summed E-state index contributed by atoms with van der Waals surface area (Å²) in [5.74, 6) is 0.443. The fourth-order valence-electron chi connectivity index (χ4n) is 2.42. The van der Waals surface area contributed by atoms with Crippen molar-refractivity contribution in [1.29, 1.82) is 0 Å². The van der Waals surface area contributed by atoms with E-state index in [2.05, 4.69) is 34.8 Å². The highest BCUT2D eigenvalue weighted by molar-refractivity contribution is 7.90. The third-order valence-corrected chi connectivity index (χ3v) is 4.81. The van der Waals surface area contributed by atoms with E-state index in [-0.39, 0.29) is 0 Å². The number of nitrogens with one attached hydrogen (secondary N) is 1. The van der Waals surface area contributed by atoms with Crippen LogP contribution in [0.15, 0.2) is 58.4 Å². The summed E-state index contributed by atoms with van der Waals surface area (Å²) < 4.78 is 26.4. The first-order chi connectivity index (χ1) is 10.1. The molecule has 21 heavy (non-hydrogen) atoms. The van der Waals surface area contributed by atoms with Crippen molar-refractivity contribution in [3.8, 4) is 0 Å². The van der Waals surface area contributed by atoms with E-state index >= 15 is 0 Å². The fourth-order valence-corrected chi connectivity index (χ4v) is 3.67. The molecule has 0 saturated carbocycles. The summed E-state index contributed by atoms with van der Waals surface area (Å²) in [7, 11) is -3.44. The van der Waals surface area contributed by atoms with Crippen LogP contribution < -0.4 is 4.72 Å². The molecule has 1 aliphatic rings. The van der Waals surface area contributed by atoms with Crippen LogP contribution >= 0.6 is 0 Å². The molecule has 0 fully saturated rings. The zero-order valence-electron chi connectivity index (χ0n) is 11.7. The van der Waals surface area contributed by atoms with E-state index in [0.29, 0.717) is 22.8 Å². The van der Waals surface area contributed by atoms with Gasteiger partial charge in [0.1, 0.15) is 5.84 Å². The minimum atomic E-state index is -3.44. The van der Waals surface area contributed by atoms with Crippen molar-refractivity contribution in [3.63, 3.8) is 0 Å². The Bertz CT molecular complexity index is 811. The normalized spacial score (nSPS) is 17.5. The second kappa shape index (κ2) is 5.33. The molecule has 2 aromatic rings. The summed E-state index contributed by atoms with van der Waals surface area (Å²) in [4.78, 5) is 4.72. The van der Waals surface area contributed by atoms with Gasteiger partial charge in [0.05, 0.1) is 4.90 Å². The second-order valence-electron chi connectivity index (χ2n) is 5.07. The first kappa shape index (κ1) is 13.8. The topological polar surface area (TPSA) is 58.5 Å². The summed E-state index contributed by atoms with van der Waals surface area (Å²) in [6.07, 6.45) is 0.787. The van der Waals surface area contributed by atoms with E-state index in [1.165, 1.54) is 11.1 Å². The van der Waals surface area contributed by atoms with Crippen molar-refractivity contribution in [3.05, 3.63) is 65.2 Å². The van der Waals surface area contributed by atoms with E-state index in [4.69, 9.17) is 0 Å². The number of hydrogen-bond acceptors (Lipinski definition) is 3. The van der Waals surface area contributed by atoms with Crippen molar-refractivity contribution >= 4 is 15.9 Å². The molecule has 2 aromatic carbocycles. The van der Waals surface area contributed by atoms with Gasteiger partial charge < -0.3 is 0 Å². The molecule has 1 aliphatic heterocycles. The lowest BCUT2D eigenvalue weighted by Crippen LogP contribution is -2.22. The molecule has 1 N–H and O–H groups in total. The molecule has 0 spiro atoms. The van der Waals surface area contributed by atoms with Gasteiger partial charge in [-0.25, -0.2) is 8.42 Å². The van der Waals surface area contributed by atoms with Crippen LogP contribution in [0.4, 0.5) is 0 Å². The van der Waals surface area contributed by atoms with Crippen LogP contribution in [0.1, 0.15) is 16.7 Å². The van der Waals surface area contributed by atoms with Gasteiger partial charge in [0.15, 0.2) is 0 Å². The molecule has 0 atom stereocenters. The number of aliphatic imine (C=N–C) groups is 1. The number of hydrogen-bond donors (Lipinski definition) is 1. The van der Waals surface area contributed by atoms with Crippen LogP contribution in [0.5, 0.6) is 0 Å². The largest absolute Gasteiger partial charge is 0.267 e. The number of sulfonamides is 1. The highest BCUT2D eigenvalue weighted by atomic mass is 32.2. The Morgan fingerprint density at radius 1 is 1.10 bits per heavy atom. The SMILES string of the molecule is Cc1cccc(CCN=C2NS(=O)(=O)c3ccccc32)c1. The summed E-state index contributed by atoms with van der Waals surface area (Å²) in [6, 6.07) is 15.2. The van der Waals surface area contributed by atoms with E-state index < -0.39 is 10.0 Å². The predicted molar refractivity (Wildman–Crippen MR) is 83.1 cm³/mol. The maximum Gasteiger partial charge on any atom is 0.263 e. The zero-order valence-corrected chi connectivity index (χ0v) is 12.5. The molecular weight excluding hydrogens is 284 g/mol. The quantitative estimate of drug-likeness (QED) is 0.945. The lowest BCUT2D eigenvalue weighted by Gasteiger charge is -2.01. The second-order valence-corrected chi connectivity index (χ2v) is 6.72. The summed E-state index contributed by atoms with van der Waals surface area (Å²) in [5.41, 5.74) is 3.07. The van der Waals surface area contributed by atoms with Gasteiger partial charge in [-0.2, -0.15) is 0 Å². The Balaban J connectivity index is 1.79. The maximum atomic E-state index is 11.9. The number of amidine groups is 1. The molecule has 0 aromatic heterocycles. The van der Waals surface area contributed by atoms with Crippen LogP contribution in [0.25, 0.3) is 0 Å². The van der Waals surface area contributed by atoms with Crippen molar-refractivity contribution in [2.75, 3.05) is 6.54 Å². The average Bonchev–Trinajstić information content (AvgIpc) is 2.71. The molecule has 0 saturated heterocycles. The number of fused-ring (bicyclic) bond motifs is 1. The van der Waals surface area contributed by atoms with Crippen LogP contribution in [0, 0.1) is 6.92 Å². The molecule has 0 amide bonds. The molecule has 0 bridgehead atoms. The van der Waals surface area contributed by atoms with Crippen LogP contribution in [-0.2, 0) is 16.4 Å². The lowest BCUT2D eigenvalue weighted by atomic mass is 10.1. The number of rotatable bonds is 3.